The zero-order valence-corrected chi connectivity index (χ0v) is 18.1. The van der Waals surface area contributed by atoms with Crippen LogP contribution in [0.3, 0.4) is 0 Å². The van der Waals surface area contributed by atoms with Crippen molar-refractivity contribution in [1.29, 1.82) is 0 Å². The molecule has 0 aliphatic carbocycles. The van der Waals surface area contributed by atoms with Crippen LogP contribution in [-0.4, -0.2) is 46.3 Å². The predicted octanol–water partition coefficient (Wildman–Crippen LogP) is 2.96. The van der Waals surface area contributed by atoms with Gasteiger partial charge in [-0.2, -0.15) is 0 Å². The van der Waals surface area contributed by atoms with Crippen molar-refractivity contribution in [2.45, 2.75) is 13.8 Å². The maximum Gasteiger partial charge on any atom is 0.271 e. The molecule has 2 aromatic carbocycles. The van der Waals surface area contributed by atoms with Gasteiger partial charge in [0.15, 0.2) is 11.5 Å². The van der Waals surface area contributed by atoms with E-state index in [1.54, 1.807) is 6.92 Å². The van der Waals surface area contributed by atoms with E-state index in [9.17, 15) is 23.3 Å². The molecule has 0 atom stereocenters. The Morgan fingerprint density at radius 3 is 2.30 bits per heavy atom. The second-order valence-corrected chi connectivity index (χ2v) is 8.59. The summed E-state index contributed by atoms with van der Waals surface area (Å²) in [6.07, 6.45) is 0. The highest BCUT2D eigenvalue weighted by molar-refractivity contribution is 7.92. The van der Waals surface area contributed by atoms with Crippen LogP contribution in [0.2, 0.25) is 0 Å². The number of nitro benzene ring substituents is 1. The summed E-state index contributed by atoms with van der Waals surface area (Å²) >= 11 is 0. The van der Waals surface area contributed by atoms with Crippen molar-refractivity contribution < 1.29 is 27.6 Å². The van der Waals surface area contributed by atoms with E-state index in [0.29, 0.717) is 5.56 Å². The average Bonchev–Trinajstić information content (AvgIpc) is 2.73. The highest BCUT2D eigenvalue weighted by Gasteiger charge is 2.25. The first-order chi connectivity index (χ1) is 14.0. The molecule has 0 saturated carbocycles. The van der Waals surface area contributed by atoms with Crippen LogP contribution in [0.1, 0.15) is 22.8 Å². The number of hydrogen-bond acceptors (Lipinski definition) is 7. The fraction of sp³-hybridized carbons (Fsp3) is 0.316. The number of hydrogen-bond donors (Lipinski definition) is 1. The van der Waals surface area contributed by atoms with E-state index in [1.807, 2.05) is 0 Å². The zero-order chi connectivity index (χ0) is 22.6. The summed E-state index contributed by atoms with van der Waals surface area (Å²) in [5.74, 6) is -0.367. The molecule has 0 heterocycles. The fourth-order valence-corrected chi connectivity index (χ4v) is 3.54. The number of amides is 1. The topological polar surface area (TPSA) is 128 Å². The molecule has 0 bridgehead atoms. The third kappa shape index (κ3) is 4.62. The lowest BCUT2D eigenvalue weighted by molar-refractivity contribution is -0.384. The molecule has 2 aromatic rings. The lowest BCUT2D eigenvalue weighted by Crippen LogP contribution is -2.30. The van der Waals surface area contributed by atoms with E-state index in [2.05, 4.69) is 5.32 Å². The molecule has 1 amide bonds. The van der Waals surface area contributed by atoms with Gasteiger partial charge in [0, 0.05) is 25.2 Å². The van der Waals surface area contributed by atoms with Crippen LogP contribution in [0.5, 0.6) is 11.5 Å². The molecule has 10 nitrogen and oxygen atoms in total. The minimum absolute atomic E-state index is 0.00178. The molecular weight excluding hydrogens is 414 g/mol. The number of nitrogens with one attached hydrogen (secondary N) is 1. The lowest BCUT2D eigenvalue weighted by atomic mass is 10.1. The first-order valence-corrected chi connectivity index (χ1v) is 10.5. The number of nitrogens with zero attached hydrogens (tertiary/aromatic N) is 2. The second kappa shape index (κ2) is 8.99. The van der Waals surface area contributed by atoms with Crippen LogP contribution in [0.4, 0.5) is 17.1 Å². The van der Waals surface area contributed by atoms with E-state index in [4.69, 9.17) is 9.47 Å². The predicted molar refractivity (Wildman–Crippen MR) is 113 cm³/mol. The third-order valence-electron chi connectivity index (χ3n) is 4.55. The second-order valence-electron chi connectivity index (χ2n) is 6.30. The van der Waals surface area contributed by atoms with Gasteiger partial charge in [-0.3, -0.25) is 19.2 Å². The van der Waals surface area contributed by atoms with E-state index in [0.717, 1.165) is 4.31 Å². The number of non-ortho nitro benzene ring substituents is 1. The molecule has 0 spiro atoms. The van der Waals surface area contributed by atoms with Crippen LogP contribution in [0.15, 0.2) is 30.3 Å². The molecule has 30 heavy (non-hydrogen) atoms. The quantitative estimate of drug-likeness (QED) is 0.497. The molecule has 0 aliphatic rings. The normalized spacial score (nSPS) is 11.0. The number of methoxy groups -OCH3 is 2. The van der Waals surface area contributed by atoms with E-state index in [1.165, 1.54) is 58.5 Å². The van der Waals surface area contributed by atoms with Crippen LogP contribution in [0.25, 0.3) is 0 Å². The summed E-state index contributed by atoms with van der Waals surface area (Å²) < 4.78 is 36.3. The molecule has 162 valence electrons. The largest absolute Gasteiger partial charge is 0.493 e. The molecule has 0 fully saturated rings. The number of benzene rings is 2. The molecular formula is C19H23N3O7S. The maximum absolute atomic E-state index is 13.1. The minimum atomic E-state index is -3.68. The Hall–Kier alpha value is -3.34. The van der Waals surface area contributed by atoms with Gasteiger partial charge < -0.3 is 14.8 Å². The van der Waals surface area contributed by atoms with Crippen LogP contribution in [0, 0.1) is 17.0 Å². The minimum Gasteiger partial charge on any atom is -0.493 e. The zero-order valence-electron chi connectivity index (χ0n) is 17.3. The maximum atomic E-state index is 13.1. The monoisotopic (exact) mass is 437 g/mol. The molecule has 0 aliphatic heterocycles. The highest BCUT2D eigenvalue weighted by Crippen LogP contribution is 2.36. The van der Waals surface area contributed by atoms with Crippen LogP contribution >= 0.6 is 0 Å². The molecule has 0 radical (unpaired) electrons. The van der Waals surface area contributed by atoms with Crippen LogP contribution in [-0.2, 0) is 10.0 Å². The first kappa shape index (κ1) is 22.9. The van der Waals surface area contributed by atoms with Gasteiger partial charge in [-0.25, -0.2) is 8.42 Å². The van der Waals surface area contributed by atoms with Crippen molar-refractivity contribution in [2.75, 3.05) is 36.6 Å². The van der Waals surface area contributed by atoms with Crippen molar-refractivity contribution in [3.8, 4) is 11.5 Å². The molecule has 11 heteroatoms. The summed E-state index contributed by atoms with van der Waals surface area (Å²) in [7, 11) is 0.422. The van der Waals surface area contributed by atoms with Gasteiger partial charge in [0.2, 0.25) is 10.0 Å². The van der Waals surface area contributed by atoms with Gasteiger partial charge in [-0.15, -0.1) is 0 Å². The number of anilines is 2. The molecule has 0 saturated heterocycles. The van der Waals surface area contributed by atoms with Gasteiger partial charge in [0.05, 0.1) is 41.8 Å². The Morgan fingerprint density at radius 2 is 1.77 bits per heavy atom. The Morgan fingerprint density at radius 1 is 1.17 bits per heavy atom. The third-order valence-corrected chi connectivity index (χ3v) is 6.31. The summed E-state index contributed by atoms with van der Waals surface area (Å²) in [5.41, 5.74) is 0.726. The van der Waals surface area contributed by atoms with Gasteiger partial charge >= 0.3 is 0 Å². The molecule has 0 aromatic heterocycles. The Labute approximate surface area is 174 Å². The Kier molecular flexibility index (Phi) is 6.88. The van der Waals surface area contributed by atoms with E-state index >= 15 is 0 Å². The van der Waals surface area contributed by atoms with Crippen molar-refractivity contribution in [1.82, 2.24) is 0 Å². The van der Waals surface area contributed by atoms with E-state index in [-0.39, 0.29) is 39.9 Å². The van der Waals surface area contributed by atoms with Crippen molar-refractivity contribution in [3.05, 3.63) is 51.6 Å². The SMILES string of the molecule is CCS(=O)(=O)N(C)c1cc(OC)c(OC)cc1C(=O)Nc1cc([N+](=O)[O-])ccc1C. The number of aryl methyl sites for hydroxylation is 1. The standard InChI is InChI=1S/C19H23N3O7S/c1-6-30(26,27)21(3)16-11-18(29-5)17(28-4)10-14(16)19(23)20-15-9-13(22(24)25)8-7-12(15)2/h7-11H,6H2,1-5H3,(H,20,23). The van der Waals surface area contributed by atoms with Crippen molar-refractivity contribution in [3.63, 3.8) is 0 Å². The lowest BCUT2D eigenvalue weighted by Gasteiger charge is -2.23. The Balaban J connectivity index is 2.60. The van der Waals surface area contributed by atoms with E-state index < -0.39 is 20.9 Å². The number of sulfonamides is 1. The Bertz CT molecular complexity index is 1080. The van der Waals surface area contributed by atoms with Crippen molar-refractivity contribution >= 4 is 33.0 Å². The number of carbonyl (C=O) groups excluding carboxylic acids is 1. The van der Waals surface area contributed by atoms with Gasteiger partial charge in [-0.05, 0) is 25.5 Å². The summed E-state index contributed by atoms with van der Waals surface area (Å²) in [6.45, 7) is 3.17. The molecule has 2 rings (SSSR count). The number of carbonyl (C=O) groups is 1. The fourth-order valence-electron chi connectivity index (χ4n) is 2.70. The summed E-state index contributed by atoms with van der Waals surface area (Å²) in [6, 6.07) is 6.82. The first-order valence-electron chi connectivity index (χ1n) is 8.84. The number of ether oxygens (including phenoxy) is 2. The van der Waals surface area contributed by atoms with Crippen molar-refractivity contribution in [2.24, 2.45) is 0 Å². The molecule has 1 N–H and O–H groups in total. The number of nitro groups is 1. The average molecular weight is 437 g/mol. The van der Waals surface area contributed by atoms with Gasteiger partial charge in [-0.1, -0.05) is 6.07 Å². The number of rotatable bonds is 8. The summed E-state index contributed by atoms with van der Waals surface area (Å²) in [5, 5.41) is 13.7. The van der Waals surface area contributed by atoms with Crippen LogP contribution < -0.4 is 19.1 Å². The van der Waals surface area contributed by atoms with Gasteiger partial charge in [0.1, 0.15) is 0 Å². The highest BCUT2D eigenvalue weighted by atomic mass is 32.2. The smallest absolute Gasteiger partial charge is 0.271 e. The molecule has 0 unspecified atom stereocenters. The van der Waals surface area contributed by atoms with Gasteiger partial charge in [0.25, 0.3) is 11.6 Å². The summed E-state index contributed by atoms with van der Waals surface area (Å²) in [4.78, 5) is 23.5.